The molecule has 2 aromatic carbocycles. The smallest absolute Gasteiger partial charge is 0.224 e. The van der Waals surface area contributed by atoms with E-state index in [4.69, 9.17) is 5.73 Å². The van der Waals surface area contributed by atoms with E-state index in [1.807, 2.05) is 30.3 Å². The van der Waals surface area contributed by atoms with Gasteiger partial charge in [0.25, 0.3) is 0 Å². The van der Waals surface area contributed by atoms with Gasteiger partial charge in [-0.05, 0) is 48.2 Å². The van der Waals surface area contributed by atoms with Crippen LogP contribution in [0.3, 0.4) is 0 Å². The van der Waals surface area contributed by atoms with Crippen molar-refractivity contribution in [2.75, 3.05) is 5.73 Å². The number of carbonyl (C=O) groups excluding carboxylic acids is 1. The van der Waals surface area contributed by atoms with Crippen molar-refractivity contribution in [1.82, 2.24) is 5.32 Å². The minimum Gasteiger partial charge on any atom is -0.399 e. The molecule has 0 aromatic heterocycles. The summed E-state index contributed by atoms with van der Waals surface area (Å²) in [6.07, 6.45) is 0.413. The van der Waals surface area contributed by atoms with Crippen LogP contribution in [-0.4, -0.2) is 5.91 Å². The molecule has 0 bridgehead atoms. The molecule has 3 heteroatoms. The number of hydrogen-bond acceptors (Lipinski definition) is 2. The molecular weight excluding hydrogens is 248 g/mol. The van der Waals surface area contributed by atoms with Crippen LogP contribution in [0.5, 0.6) is 0 Å². The quantitative estimate of drug-likeness (QED) is 0.838. The van der Waals surface area contributed by atoms with Gasteiger partial charge in [-0.15, -0.1) is 0 Å². The summed E-state index contributed by atoms with van der Waals surface area (Å²) in [6, 6.07) is 13.6. The van der Waals surface area contributed by atoms with E-state index in [-0.39, 0.29) is 5.91 Å². The number of amides is 1. The van der Waals surface area contributed by atoms with Gasteiger partial charge in [0.15, 0.2) is 0 Å². The fourth-order valence-corrected chi connectivity index (χ4v) is 2.00. The van der Waals surface area contributed by atoms with Crippen LogP contribution in [0.1, 0.15) is 22.3 Å². The van der Waals surface area contributed by atoms with Crippen LogP contribution in [0.15, 0.2) is 42.5 Å². The number of nitrogens with one attached hydrogen (secondary N) is 1. The molecular formula is C17H20N2O. The van der Waals surface area contributed by atoms with Crippen molar-refractivity contribution in [1.29, 1.82) is 0 Å². The Labute approximate surface area is 119 Å². The average Bonchev–Trinajstić information content (AvgIpc) is 2.42. The molecule has 1 amide bonds. The largest absolute Gasteiger partial charge is 0.399 e. The van der Waals surface area contributed by atoms with Gasteiger partial charge in [-0.2, -0.15) is 0 Å². The van der Waals surface area contributed by atoms with Crippen LogP contribution < -0.4 is 11.1 Å². The second-order valence-corrected chi connectivity index (χ2v) is 5.11. The maximum Gasteiger partial charge on any atom is 0.224 e. The Morgan fingerprint density at radius 3 is 2.30 bits per heavy atom. The van der Waals surface area contributed by atoms with Crippen LogP contribution in [-0.2, 0) is 17.8 Å². The fourth-order valence-electron chi connectivity index (χ4n) is 2.00. The molecule has 0 saturated heterocycles. The van der Waals surface area contributed by atoms with Gasteiger partial charge >= 0.3 is 0 Å². The molecule has 0 atom stereocenters. The lowest BCUT2D eigenvalue weighted by Gasteiger charge is -2.07. The van der Waals surface area contributed by atoms with Crippen LogP contribution >= 0.6 is 0 Å². The zero-order valence-corrected chi connectivity index (χ0v) is 11.9. The second kappa shape index (κ2) is 6.24. The lowest BCUT2D eigenvalue weighted by atomic mass is 10.0. The number of anilines is 1. The Morgan fingerprint density at radius 2 is 1.65 bits per heavy atom. The topological polar surface area (TPSA) is 55.1 Å². The molecule has 0 spiro atoms. The van der Waals surface area contributed by atoms with Crippen LogP contribution in [0.2, 0.25) is 0 Å². The summed E-state index contributed by atoms with van der Waals surface area (Å²) in [5.74, 6) is 0.0325. The van der Waals surface area contributed by atoms with Gasteiger partial charge in [0.05, 0.1) is 6.42 Å². The first kappa shape index (κ1) is 14.1. The number of rotatable bonds is 4. The summed E-state index contributed by atoms with van der Waals surface area (Å²) in [7, 11) is 0. The zero-order chi connectivity index (χ0) is 14.5. The SMILES string of the molecule is Cc1ccc(CC(=O)NCc2ccc(N)cc2)cc1C. The number of hydrogen-bond donors (Lipinski definition) is 2. The van der Waals surface area contributed by atoms with Gasteiger partial charge in [0, 0.05) is 12.2 Å². The van der Waals surface area contributed by atoms with Crippen molar-refractivity contribution in [3.8, 4) is 0 Å². The van der Waals surface area contributed by atoms with Gasteiger partial charge in [-0.3, -0.25) is 4.79 Å². The minimum atomic E-state index is 0.0325. The third-order valence-electron chi connectivity index (χ3n) is 3.41. The summed E-state index contributed by atoms with van der Waals surface area (Å²) < 4.78 is 0. The van der Waals surface area contributed by atoms with E-state index in [2.05, 4.69) is 31.3 Å². The monoisotopic (exact) mass is 268 g/mol. The molecule has 0 aliphatic heterocycles. The number of nitrogens with two attached hydrogens (primary N) is 1. The van der Waals surface area contributed by atoms with Crippen molar-refractivity contribution in [3.63, 3.8) is 0 Å². The summed E-state index contributed by atoms with van der Waals surface area (Å²) in [6.45, 7) is 4.66. The molecule has 0 radical (unpaired) electrons. The molecule has 2 rings (SSSR count). The van der Waals surface area contributed by atoms with E-state index < -0.39 is 0 Å². The normalized spacial score (nSPS) is 10.3. The van der Waals surface area contributed by atoms with Gasteiger partial charge in [-0.1, -0.05) is 30.3 Å². The highest BCUT2D eigenvalue weighted by molar-refractivity contribution is 5.78. The summed E-state index contributed by atoms with van der Waals surface area (Å²) in [5, 5.41) is 2.92. The van der Waals surface area contributed by atoms with Gasteiger partial charge < -0.3 is 11.1 Å². The third kappa shape index (κ3) is 3.85. The van der Waals surface area contributed by atoms with Gasteiger partial charge in [-0.25, -0.2) is 0 Å². The molecule has 2 aromatic rings. The standard InChI is InChI=1S/C17H20N2O/c1-12-3-4-15(9-13(12)2)10-17(20)19-11-14-5-7-16(18)8-6-14/h3-9H,10-11,18H2,1-2H3,(H,19,20). The van der Waals surface area contributed by atoms with E-state index in [1.165, 1.54) is 11.1 Å². The lowest BCUT2D eigenvalue weighted by molar-refractivity contribution is -0.120. The first-order valence-corrected chi connectivity index (χ1v) is 6.72. The maximum atomic E-state index is 11.9. The van der Waals surface area contributed by atoms with Crippen molar-refractivity contribution >= 4 is 11.6 Å². The first-order chi connectivity index (χ1) is 9.54. The summed E-state index contributed by atoms with van der Waals surface area (Å²) in [5.41, 5.74) is 10.9. The van der Waals surface area contributed by atoms with Crippen molar-refractivity contribution in [2.45, 2.75) is 26.8 Å². The molecule has 0 unspecified atom stereocenters. The predicted molar refractivity (Wildman–Crippen MR) is 82.3 cm³/mol. The van der Waals surface area contributed by atoms with Crippen LogP contribution in [0.4, 0.5) is 5.69 Å². The molecule has 3 nitrogen and oxygen atoms in total. The maximum absolute atomic E-state index is 11.9. The summed E-state index contributed by atoms with van der Waals surface area (Å²) in [4.78, 5) is 11.9. The number of nitrogen functional groups attached to an aromatic ring is 1. The second-order valence-electron chi connectivity index (χ2n) is 5.11. The molecule has 0 fully saturated rings. The van der Waals surface area contributed by atoms with Gasteiger partial charge in [0.1, 0.15) is 0 Å². The van der Waals surface area contributed by atoms with Crippen molar-refractivity contribution in [2.24, 2.45) is 0 Å². The Morgan fingerprint density at radius 1 is 1.00 bits per heavy atom. The van der Waals surface area contributed by atoms with Crippen molar-refractivity contribution in [3.05, 3.63) is 64.7 Å². The highest BCUT2D eigenvalue weighted by Crippen LogP contribution is 2.10. The number of aryl methyl sites for hydroxylation is 2. The summed E-state index contributed by atoms with van der Waals surface area (Å²) >= 11 is 0. The minimum absolute atomic E-state index is 0.0325. The fraction of sp³-hybridized carbons (Fsp3) is 0.235. The van der Waals surface area contributed by atoms with E-state index >= 15 is 0 Å². The van der Waals surface area contributed by atoms with Gasteiger partial charge in [0.2, 0.25) is 5.91 Å². The van der Waals surface area contributed by atoms with Crippen molar-refractivity contribution < 1.29 is 4.79 Å². The predicted octanol–water partition coefficient (Wildman–Crippen LogP) is 2.74. The Kier molecular flexibility index (Phi) is 4.41. The van der Waals surface area contributed by atoms with Crippen LogP contribution in [0.25, 0.3) is 0 Å². The average molecular weight is 268 g/mol. The Hall–Kier alpha value is -2.29. The molecule has 0 aliphatic rings. The van der Waals surface area contributed by atoms with E-state index in [0.29, 0.717) is 13.0 Å². The molecule has 104 valence electrons. The zero-order valence-electron chi connectivity index (χ0n) is 11.9. The lowest BCUT2D eigenvalue weighted by Crippen LogP contribution is -2.24. The number of benzene rings is 2. The number of carbonyl (C=O) groups is 1. The van der Waals surface area contributed by atoms with E-state index in [9.17, 15) is 4.79 Å². The molecule has 0 saturated carbocycles. The molecule has 0 aliphatic carbocycles. The highest BCUT2D eigenvalue weighted by Gasteiger charge is 2.04. The molecule has 3 N–H and O–H groups in total. The van der Waals surface area contributed by atoms with E-state index in [1.54, 1.807) is 0 Å². The Bertz CT molecular complexity index is 603. The third-order valence-corrected chi connectivity index (χ3v) is 3.41. The molecule has 0 heterocycles. The first-order valence-electron chi connectivity index (χ1n) is 6.72. The Balaban J connectivity index is 1.89. The van der Waals surface area contributed by atoms with Crippen LogP contribution in [0, 0.1) is 13.8 Å². The van der Waals surface area contributed by atoms with E-state index in [0.717, 1.165) is 16.8 Å². The highest BCUT2D eigenvalue weighted by atomic mass is 16.1. The molecule has 20 heavy (non-hydrogen) atoms.